The van der Waals surface area contributed by atoms with E-state index in [2.05, 4.69) is 9.88 Å². The lowest BCUT2D eigenvalue weighted by Gasteiger charge is -2.35. The lowest BCUT2D eigenvalue weighted by atomic mass is 10.1. The first-order chi connectivity index (χ1) is 11.2. The predicted octanol–water partition coefficient (Wildman–Crippen LogP) is 0.439. The molecule has 2 aliphatic rings. The Balaban J connectivity index is 1.45. The summed E-state index contributed by atoms with van der Waals surface area (Å²) in [6, 6.07) is 3.36. The molecule has 0 saturated carbocycles. The van der Waals surface area contributed by atoms with Crippen LogP contribution in [0.1, 0.15) is 23.3 Å². The number of hydrogen-bond donors (Lipinski definition) is 1. The molecule has 3 rings (SSSR count). The Labute approximate surface area is 135 Å². The van der Waals surface area contributed by atoms with Crippen LogP contribution in [0.4, 0.5) is 0 Å². The zero-order chi connectivity index (χ0) is 16.1. The van der Waals surface area contributed by atoms with Crippen LogP contribution >= 0.6 is 0 Å². The fraction of sp³-hybridized carbons (Fsp3) is 0.625. The highest BCUT2D eigenvalue weighted by Gasteiger charge is 2.24. The second-order valence-corrected chi connectivity index (χ2v) is 5.93. The Kier molecular flexibility index (Phi) is 5.43. The van der Waals surface area contributed by atoms with E-state index in [0.717, 1.165) is 32.5 Å². The Morgan fingerprint density at radius 1 is 1.39 bits per heavy atom. The van der Waals surface area contributed by atoms with Crippen LogP contribution in [0.25, 0.3) is 0 Å². The van der Waals surface area contributed by atoms with Gasteiger partial charge < -0.3 is 24.8 Å². The Bertz CT molecular complexity index is 526. The number of carbonyl (C=O) groups excluding carboxylic acids is 1. The molecule has 0 spiro atoms. The molecule has 126 valence electrons. The molecule has 7 heteroatoms. The van der Waals surface area contributed by atoms with Crippen LogP contribution < -0.4 is 10.5 Å². The number of pyridine rings is 1. The molecule has 2 saturated heterocycles. The number of hydrogen-bond acceptors (Lipinski definition) is 6. The van der Waals surface area contributed by atoms with Crippen molar-refractivity contribution in [3.8, 4) is 5.75 Å². The largest absolute Gasteiger partial charge is 0.490 e. The molecule has 2 N–H and O–H groups in total. The van der Waals surface area contributed by atoms with Crippen molar-refractivity contribution in [2.75, 3.05) is 39.5 Å². The van der Waals surface area contributed by atoms with E-state index in [9.17, 15) is 4.79 Å². The molecule has 1 aromatic rings. The lowest BCUT2D eigenvalue weighted by Crippen LogP contribution is -2.45. The molecule has 7 nitrogen and oxygen atoms in total. The van der Waals surface area contributed by atoms with E-state index in [1.807, 2.05) is 0 Å². The Hall–Kier alpha value is -1.70. The molecular weight excluding hydrogens is 298 g/mol. The third kappa shape index (κ3) is 4.63. The van der Waals surface area contributed by atoms with E-state index in [4.69, 9.17) is 19.9 Å². The summed E-state index contributed by atoms with van der Waals surface area (Å²) < 4.78 is 17.1. The maximum absolute atomic E-state index is 11.2. The van der Waals surface area contributed by atoms with Crippen LogP contribution in [-0.4, -0.2) is 67.5 Å². The molecule has 0 bridgehead atoms. The molecule has 0 aliphatic carbocycles. The SMILES string of the molecule is NC(=O)c1cc(OC2CCN(CC3COCCO3)CC2)ccn1. The molecule has 3 heterocycles. The van der Waals surface area contributed by atoms with Gasteiger partial charge in [0.05, 0.1) is 25.9 Å². The summed E-state index contributed by atoms with van der Waals surface area (Å²) in [5.41, 5.74) is 5.47. The topological polar surface area (TPSA) is 86.9 Å². The highest BCUT2D eigenvalue weighted by Crippen LogP contribution is 2.20. The number of nitrogens with zero attached hydrogens (tertiary/aromatic N) is 2. The van der Waals surface area contributed by atoms with Crippen molar-refractivity contribution in [3.05, 3.63) is 24.0 Å². The van der Waals surface area contributed by atoms with Gasteiger partial charge in [-0.25, -0.2) is 0 Å². The first-order valence-corrected chi connectivity index (χ1v) is 8.05. The summed E-state index contributed by atoms with van der Waals surface area (Å²) in [6.45, 7) is 4.92. The molecule has 0 radical (unpaired) electrons. The van der Waals surface area contributed by atoms with Gasteiger partial charge in [0.1, 0.15) is 17.5 Å². The molecule has 1 amide bonds. The molecule has 1 atom stereocenters. The summed E-state index contributed by atoms with van der Waals surface area (Å²) in [6.07, 6.45) is 3.77. The van der Waals surface area contributed by atoms with Crippen molar-refractivity contribution in [2.45, 2.75) is 25.0 Å². The smallest absolute Gasteiger partial charge is 0.267 e. The Morgan fingerprint density at radius 3 is 2.91 bits per heavy atom. The zero-order valence-electron chi connectivity index (χ0n) is 13.1. The average Bonchev–Trinajstić information content (AvgIpc) is 2.58. The second-order valence-electron chi connectivity index (χ2n) is 5.93. The summed E-state index contributed by atoms with van der Waals surface area (Å²) in [5, 5.41) is 0. The summed E-state index contributed by atoms with van der Waals surface area (Å²) in [5.74, 6) is 0.108. The highest BCUT2D eigenvalue weighted by atomic mass is 16.6. The van der Waals surface area contributed by atoms with Gasteiger partial charge in [-0.05, 0) is 18.9 Å². The van der Waals surface area contributed by atoms with Crippen LogP contribution in [0.2, 0.25) is 0 Å². The van der Waals surface area contributed by atoms with Crippen LogP contribution in [0, 0.1) is 0 Å². The lowest BCUT2D eigenvalue weighted by molar-refractivity contribution is -0.100. The van der Waals surface area contributed by atoms with Gasteiger partial charge in [-0.2, -0.15) is 0 Å². The molecule has 1 aromatic heterocycles. The van der Waals surface area contributed by atoms with Crippen molar-refractivity contribution in [3.63, 3.8) is 0 Å². The van der Waals surface area contributed by atoms with Gasteiger partial charge >= 0.3 is 0 Å². The number of piperidine rings is 1. The number of amides is 1. The standard InChI is InChI=1S/C16H23N3O4/c17-16(20)15-9-13(1-4-18-15)23-12-2-5-19(6-3-12)10-14-11-21-7-8-22-14/h1,4,9,12,14H,2-3,5-8,10-11H2,(H2,17,20). The first kappa shape index (κ1) is 16.2. The second kappa shape index (κ2) is 7.72. The van der Waals surface area contributed by atoms with Gasteiger partial charge in [0.15, 0.2) is 0 Å². The molecular formula is C16H23N3O4. The number of rotatable bonds is 5. The quantitative estimate of drug-likeness (QED) is 0.847. The Morgan fingerprint density at radius 2 is 2.22 bits per heavy atom. The van der Waals surface area contributed by atoms with Gasteiger partial charge in [-0.15, -0.1) is 0 Å². The zero-order valence-corrected chi connectivity index (χ0v) is 13.1. The average molecular weight is 321 g/mol. The molecule has 23 heavy (non-hydrogen) atoms. The monoisotopic (exact) mass is 321 g/mol. The number of likely N-dealkylation sites (tertiary alicyclic amines) is 1. The van der Waals surface area contributed by atoms with E-state index < -0.39 is 5.91 Å². The highest BCUT2D eigenvalue weighted by molar-refractivity contribution is 5.91. The van der Waals surface area contributed by atoms with Gasteiger partial charge in [0.2, 0.25) is 0 Å². The van der Waals surface area contributed by atoms with Gasteiger partial charge in [0, 0.05) is 31.9 Å². The van der Waals surface area contributed by atoms with Crippen molar-refractivity contribution >= 4 is 5.91 Å². The normalized spacial score (nSPS) is 23.6. The van der Waals surface area contributed by atoms with Crippen LogP contribution in [0.15, 0.2) is 18.3 Å². The van der Waals surface area contributed by atoms with Gasteiger partial charge in [0.25, 0.3) is 5.91 Å². The maximum Gasteiger partial charge on any atom is 0.267 e. The van der Waals surface area contributed by atoms with E-state index in [0.29, 0.717) is 25.6 Å². The summed E-state index contributed by atoms with van der Waals surface area (Å²) in [4.78, 5) is 17.5. The molecule has 2 aliphatic heterocycles. The first-order valence-electron chi connectivity index (χ1n) is 8.05. The summed E-state index contributed by atoms with van der Waals surface area (Å²) >= 11 is 0. The predicted molar refractivity (Wildman–Crippen MR) is 83.4 cm³/mol. The van der Waals surface area contributed by atoms with Gasteiger partial charge in [-0.3, -0.25) is 9.78 Å². The van der Waals surface area contributed by atoms with Crippen molar-refractivity contribution in [1.29, 1.82) is 0 Å². The van der Waals surface area contributed by atoms with E-state index in [1.165, 1.54) is 0 Å². The maximum atomic E-state index is 11.2. The summed E-state index contributed by atoms with van der Waals surface area (Å²) in [7, 11) is 0. The minimum absolute atomic E-state index is 0.151. The molecule has 2 fully saturated rings. The molecule has 0 aromatic carbocycles. The van der Waals surface area contributed by atoms with Crippen LogP contribution in [0.5, 0.6) is 5.75 Å². The van der Waals surface area contributed by atoms with E-state index in [-0.39, 0.29) is 17.9 Å². The van der Waals surface area contributed by atoms with Gasteiger partial charge in [-0.1, -0.05) is 0 Å². The van der Waals surface area contributed by atoms with Crippen LogP contribution in [-0.2, 0) is 9.47 Å². The fourth-order valence-corrected chi connectivity index (χ4v) is 2.95. The third-order valence-corrected chi connectivity index (χ3v) is 4.17. The number of primary amides is 1. The van der Waals surface area contributed by atoms with E-state index in [1.54, 1.807) is 18.3 Å². The van der Waals surface area contributed by atoms with Crippen molar-refractivity contribution < 1.29 is 19.0 Å². The number of nitrogens with two attached hydrogens (primary N) is 1. The van der Waals surface area contributed by atoms with Crippen molar-refractivity contribution in [2.24, 2.45) is 5.73 Å². The fourth-order valence-electron chi connectivity index (χ4n) is 2.95. The number of carbonyl (C=O) groups is 1. The minimum atomic E-state index is -0.542. The van der Waals surface area contributed by atoms with Crippen LogP contribution in [0.3, 0.4) is 0 Å². The molecule has 1 unspecified atom stereocenters. The number of aromatic nitrogens is 1. The third-order valence-electron chi connectivity index (χ3n) is 4.17. The van der Waals surface area contributed by atoms with Crippen molar-refractivity contribution in [1.82, 2.24) is 9.88 Å². The number of ether oxygens (including phenoxy) is 3. The minimum Gasteiger partial charge on any atom is -0.490 e. The van der Waals surface area contributed by atoms with E-state index >= 15 is 0 Å².